The Morgan fingerprint density at radius 2 is 1.43 bits per heavy atom. The van der Waals surface area contributed by atoms with Crippen LogP contribution in [0.5, 0.6) is 0 Å². The second-order valence-corrected chi connectivity index (χ2v) is 10.3. The monoisotopic (exact) mass is 526 g/mol. The molecule has 1 amide bonds. The fourth-order valence-corrected chi connectivity index (χ4v) is 4.18. The summed E-state index contributed by atoms with van der Waals surface area (Å²) in [6, 6.07) is 23.9. The van der Waals surface area contributed by atoms with Gasteiger partial charge >= 0.3 is 13.6 Å². The van der Waals surface area contributed by atoms with Crippen molar-refractivity contribution in [1.82, 2.24) is 10.6 Å². The molecule has 3 rings (SSSR count). The molecule has 0 saturated heterocycles. The van der Waals surface area contributed by atoms with Crippen LogP contribution in [0.3, 0.4) is 0 Å². The number of carboxylic acids is 1. The van der Waals surface area contributed by atoms with Crippen LogP contribution in [0.25, 0.3) is 11.1 Å². The van der Waals surface area contributed by atoms with E-state index in [1.807, 2.05) is 72.8 Å². The first-order chi connectivity index (χ1) is 17.6. The van der Waals surface area contributed by atoms with E-state index in [1.54, 1.807) is 19.1 Å². The third kappa shape index (κ3) is 9.24. The molecule has 0 fully saturated rings. The van der Waals surface area contributed by atoms with E-state index in [9.17, 15) is 29.0 Å². The third-order valence-electron chi connectivity index (χ3n) is 5.74. The summed E-state index contributed by atoms with van der Waals surface area (Å²) in [5.41, 5.74) is 3.57. The number of hydrogen-bond acceptors (Lipinski definition) is 5. The lowest BCUT2D eigenvalue weighted by atomic mass is 10.0. The molecule has 0 heterocycles. The molecule has 0 aliphatic heterocycles. The van der Waals surface area contributed by atoms with Gasteiger partial charge in [-0.05, 0) is 29.2 Å². The van der Waals surface area contributed by atoms with Crippen molar-refractivity contribution in [3.05, 3.63) is 96.1 Å². The number of carbonyl (C=O) groups is 2. The minimum Gasteiger partial charge on any atom is -0.480 e. The molecule has 3 atom stereocenters. The van der Waals surface area contributed by atoms with Gasteiger partial charge in [-0.3, -0.25) is 14.7 Å². The maximum Gasteiger partial charge on any atom is 0.339 e. The number of aliphatic carboxylic acids is 1. The topological polar surface area (TPSA) is 145 Å². The van der Waals surface area contributed by atoms with Crippen LogP contribution in [0.2, 0.25) is 0 Å². The molecule has 196 valence electrons. The van der Waals surface area contributed by atoms with Crippen molar-refractivity contribution in [1.29, 1.82) is 0 Å². The van der Waals surface area contributed by atoms with Crippen LogP contribution in [0, 0.1) is 0 Å². The number of rotatable bonds is 13. The Labute approximate surface area is 215 Å². The number of amides is 1. The van der Waals surface area contributed by atoms with Gasteiger partial charge in [-0.1, -0.05) is 84.9 Å². The molecule has 37 heavy (non-hydrogen) atoms. The van der Waals surface area contributed by atoms with E-state index >= 15 is 0 Å². The molecule has 3 aromatic rings. The number of ether oxygens (including phenoxy) is 1. The number of carboxylic acid groups (broad SMARTS) is 1. The molecule has 5 N–H and O–H groups in total. The molecule has 0 aliphatic rings. The first-order valence-corrected chi connectivity index (χ1v) is 13.5. The van der Waals surface area contributed by atoms with Crippen LogP contribution in [0.15, 0.2) is 84.9 Å². The van der Waals surface area contributed by atoms with Gasteiger partial charge in [0, 0.05) is 6.42 Å². The fraction of sp³-hybridized carbons (Fsp3) is 0.259. The zero-order valence-corrected chi connectivity index (χ0v) is 21.3. The fourth-order valence-electron chi connectivity index (χ4n) is 3.75. The minimum absolute atomic E-state index is 0.0284. The predicted molar refractivity (Wildman–Crippen MR) is 140 cm³/mol. The van der Waals surface area contributed by atoms with Crippen molar-refractivity contribution in [2.45, 2.75) is 38.1 Å². The Morgan fingerprint density at radius 1 is 0.865 bits per heavy atom. The molecule has 0 aliphatic carbocycles. The zero-order chi connectivity index (χ0) is 26.8. The molecular formula is C27H31N2O7P. The van der Waals surface area contributed by atoms with E-state index in [0.717, 1.165) is 16.7 Å². The minimum atomic E-state index is -4.48. The maximum absolute atomic E-state index is 13.1. The molecule has 0 aromatic heterocycles. The van der Waals surface area contributed by atoms with Crippen LogP contribution >= 0.6 is 7.60 Å². The molecule has 0 bridgehead atoms. The molecule has 0 radical (unpaired) electrons. The zero-order valence-electron chi connectivity index (χ0n) is 20.4. The van der Waals surface area contributed by atoms with Crippen molar-refractivity contribution in [2.24, 2.45) is 0 Å². The van der Waals surface area contributed by atoms with Gasteiger partial charge in [-0.2, -0.15) is 0 Å². The Bertz CT molecular complexity index is 1200. The van der Waals surface area contributed by atoms with Crippen LogP contribution in [0.1, 0.15) is 18.1 Å². The molecule has 10 heteroatoms. The largest absolute Gasteiger partial charge is 0.480 e. The lowest BCUT2D eigenvalue weighted by Gasteiger charge is -2.26. The highest BCUT2D eigenvalue weighted by atomic mass is 31.2. The van der Waals surface area contributed by atoms with E-state index in [-0.39, 0.29) is 13.0 Å². The number of nitrogens with one attached hydrogen (secondary N) is 2. The van der Waals surface area contributed by atoms with E-state index in [4.69, 9.17) is 4.74 Å². The van der Waals surface area contributed by atoms with Crippen LogP contribution in [-0.4, -0.2) is 51.2 Å². The summed E-state index contributed by atoms with van der Waals surface area (Å²) < 4.78 is 17.2. The predicted octanol–water partition coefficient (Wildman–Crippen LogP) is 3.16. The van der Waals surface area contributed by atoms with Gasteiger partial charge in [0.2, 0.25) is 5.91 Å². The summed E-state index contributed by atoms with van der Waals surface area (Å²) in [6.45, 7) is 1.75. The first-order valence-electron chi connectivity index (χ1n) is 11.7. The number of benzene rings is 3. The van der Waals surface area contributed by atoms with Gasteiger partial charge in [-0.25, -0.2) is 4.79 Å². The second-order valence-electron chi connectivity index (χ2n) is 8.67. The standard InChI is InChI=1S/C27H31N2O7P/c1-19(36-17-21-8-4-2-5-9-21)25(28-18-37(33,34)35)26(30)29-24(27(31)32)16-20-12-14-23(15-13-20)22-10-6-3-7-11-22/h2-15,19,24-25,28H,16-18H2,1H3,(H,29,30)(H,31,32)(H2,33,34,35)/t19-,24-,25-/m0/s1. The molecule has 0 unspecified atom stereocenters. The Kier molecular flexibility index (Phi) is 10.1. The summed E-state index contributed by atoms with van der Waals surface area (Å²) in [5.74, 6) is -1.96. The highest BCUT2D eigenvalue weighted by Crippen LogP contribution is 2.32. The molecule has 0 spiro atoms. The van der Waals surface area contributed by atoms with Gasteiger partial charge in [-0.15, -0.1) is 0 Å². The average Bonchev–Trinajstić information content (AvgIpc) is 2.88. The molecule has 9 nitrogen and oxygen atoms in total. The molecular weight excluding hydrogens is 495 g/mol. The average molecular weight is 527 g/mol. The summed E-state index contributed by atoms with van der Waals surface area (Å²) in [6.07, 6.45) is -1.55. The van der Waals surface area contributed by atoms with Crippen molar-refractivity contribution >= 4 is 19.5 Å². The Balaban J connectivity index is 1.69. The van der Waals surface area contributed by atoms with Crippen LogP contribution in [0.4, 0.5) is 0 Å². The smallest absolute Gasteiger partial charge is 0.339 e. The first kappa shape index (κ1) is 28.2. The van der Waals surface area contributed by atoms with Crippen molar-refractivity contribution in [3.8, 4) is 11.1 Å². The van der Waals surface area contributed by atoms with Gasteiger partial charge in [0.15, 0.2) is 0 Å². The second kappa shape index (κ2) is 13.3. The van der Waals surface area contributed by atoms with E-state index in [2.05, 4.69) is 10.6 Å². The third-order valence-corrected chi connectivity index (χ3v) is 6.33. The Hall–Kier alpha value is -3.33. The quantitative estimate of drug-likeness (QED) is 0.214. The van der Waals surface area contributed by atoms with Gasteiger partial charge in [0.1, 0.15) is 12.1 Å². The van der Waals surface area contributed by atoms with Crippen LogP contribution < -0.4 is 10.6 Å². The maximum atomic E-state index is 13.1. The van der Waals surface area contributed by atoms with Gasteiger partial charge in [0.25, 0.3) is 0 Å². The van der Waals surface area contributed by atoms with Crippen molar-refractivity contribution in [3.63, 3.8) is 0 Å². The molecule has 0 saturated carbocycles. The van der Waals surface area contributed by atoms with Crippen LogP contribution in [-0.2, 0) is 31.9 Å². The lowest BCUT2D eigenvalue weighted by Crippen LogP contribution is -2.55. The summed E-state index contributed by atoms with van der Waals surface area (Å²) >= 11 is 0. The lowest BCUT2D eigenvalue weighted by molar-refractivity contribution is -0.142. The van der Waals surface area contributed by atoms with Gasteiger partial charge in [0.05, 0.1) is 19.0 Å². The number of hydrogen-bond donors (Lipinski definition) is 5. The summed E-state index contributed by atoms with van der Waals surface area (Å²) in [5, 5.41) is 14.8. The van der Waals surface area contributed by atoms with E-state index in [0.29, 0.717) is 5.56 Å². The van der Waals surface area contributed by atoms with Crippen molar-refractivity contribution < 1.29 is 33.8 Å². The van der Waals surface area contributed by atoms with Gasteiger partial charge < -0.3 is 24.9 Å². The summed E-state index contributed by atoms with van der Waals surface area (Å²) in [7, 11) is -4.48. The van der Waals surface area contributed by atoms with E-state index in [1.165, 1.54) is 0 Å². The summed E-state index contributed by atoms with van der Waals surface area (Å²) in [4.78, 5) is 43.6. The Morgan fingerprint density at radius 3 is 2.00 bits per heavy atom. The SMILES string of the molecule is C[C@H](OCc1ccccc1)[C@H](NCP(=O)(O)O)C(=O)N[C@@H](Cc1ccc(-c2ccccc2)cc1)C(=O)O. The molecule has 3 aromatic carbocycles. The van der Waals surface area contributed by atoms with Crippen molar-refractivity contribution in [2.75, 3.05) is 6.29 Å². The number of carbonyl (C=O) groups excluding carboxylic acids is 1. The van der Waals surface area contributed by atoms with E-state index < -0.39 is 43.9 Å². The highest BCUT2D eigenvalue weighted by Gasteiger charge is 2.31. The normalized spacial score (nSPS) is 13.9. The highest BCUT2D eigenvalue weighted by molar-refractivity contribution is 7.51.